The predicted octanol–water partition coefficient (Wildman–Crippen LogP) is 5.26. The number of halogens is 1. The molecule has 0 saturated heterocycles. The number of anilines is 2. The van der Waals surface area contributed by atoms with E-state index in [0.717, 1.165) is 38.5 Å². The van der Waals surface area contributed by atoms with Gasteiger partial charge in [-0.2, -0.15) is 0 Å². The number of aromatic nitrogens is 2. The molecule has 0 aliphatic carbocycles. The zero-order valence-electron chi connectivity index (χ0n) is 12.9. The van der Waals surface area contributed by atoms with Crippen LogP contribution in [-0.2, 0) is 5.75 Å². The summed E-state index contributed by atoms with van der Waals surface area (Å²) < 4.78 is 6.33. The summed E-state index contributed by atoms with van der Waals surface area (Å²) in [6.07, 6.45) is 1.91. The van der Waals surface area contributed by atoms with Gasteiger partial charge in [0, 0.05) is 38.1 Å². The highest BCUT2D eigenvalue weighted by atomic mass is 79.9. The van der Waals surface area contributed by atoms with Crippen molar-refractivity contribution >= 4 is 39.3 Å². The fourth-order valence-electron chi connectivity index (χ4n) is 2.60. The van der Waals surface area contributed by atoms with Crippen LogP contribution in [0.2, 0.25) is 0 Å². The second-order valence-electron chi connectivity index (χ2n) is 5.35. The smallest absolute Gasteiger partial charge is 0.227 e. The van der Waals surface area contributed by atoms with Gasteiger partial charge < -0.3 is 10.1 Å². The molecule has 0 amide bonds. The monoisotopic (exact) mass is 399 g/mol. The van der Waals surface area contributed by atoms with Crippen LogP contribution in [0.25, 0.3) is 11.3 Å². The van der Waals surface area contributed by atoms with E-state index in [2.05, 4.69) is 38.4 Å². The Labute approximate surface area is 152 Å². The lowest BCUT2D eigenvalue weighted by Gasteiger charge is -2.19. The molecule has 2 aromatic carbocycles. The molecule has 1 aromatic heterocycles. The number of methoxy groups -OCH3 is 1. The van der Waals surface area contributed by atoms with Gasteiger partial charge in [0.1, 0.15) is 5.75 Å². The van der Waals surface area contributed by atoms with Gasteiger partial charge in [-0.05, 0) is 36.4 Å². The summed E-state index contributed by atoms with van der Waals surface area (Å²) in [5, 5.41) is 3.26. The van der Waals surface area contributed by atoms with Crippen molar-refractivity contribution in [2.75, 3.05) is 12.4 Å². The minimum Gasteiger partial charge on any atom is -0.497 e. The Hall–Kier alpha value is -2.05. The van der Waals surface area contributed by atoms with Crippen LogP contribution in [0.15, 0.2) is 58.0 Å². The largest absolute Gasteiger partial charge is 0.497 e. The number of benzene rings is 2. The first kappa shape index (κ1) is 15.5. The van der Waals surface area contributed by atoms with Gasteiger partial charge in [-0.1, -0.05) is 22.0 Å². The van der Waals surface area contributed by atoms with Crippen LogP contribution in [0.5, 0.6) is 5.75 Å². The number of nitrogens with one attached hydrogen (secondary N) is 1. The molecular formula is C18H14BrN3OS. The quantitative estimate of drug-likeness (QED) is 0.650. The molecule has 24 heavy (non-hydrogen) atoms. The van der Waals surface area contributed by atoms with Gasteiger partial charge in [0.15, 0.2) is 0 Å². The summed E-state index contributed by atoms with van der Waals surface area (Å²) in [6.45, 7) is 0. The van der Waals surface area contributed by atoms with E-state index in [4.69, 9.17) is 9.72 Å². The Kier molecular flexibility index (Phi) is 4.16. The van der Waals surface area contributed by atoms with Crippen molar-refractivity contribution in [2.24, 2.45) is 0 Å². The molecular weight excluding hydrogens is 386 g/mol. The minimum atomic E-state index is 0.598. The van der Waals surface area contributed by atoms with Gasteiger partial charge in [0.2, 0.25) is 5.95 Å². The maximum Gasteiger partial charge on any atom is 0.227 e. The minimum absolute atomic E-state index is 0.598. The summed E-state index contributed by atoms with van der Waals surface area (Å²) in [6, 6.07) is 14.0. The number of nitrogens with zero attached hydrogens (tertiary/aromatic N) is 2. The van der Waals surface area contributed by atoms with E-state index in [9.17, 15) is 0 Å². The molecule has 1 aliphatic heterocycles. The van der Waals surface area contributed by atoms with E-state index in [1.807, 2.05) is 36.5 Å². The van der Waals surface area contributed by atoms with Crippen LogP contribution in [0.1, 0.15) is 5.56 Å². The zero-order chi connectivity index (χ0) is 16.5. The van der Waals surface area contributed by atoms with Gasteiger partial charge in [0.25, 0.3) is 0 Å². The molecule has 0 radical (unpaired) electrons. The van der Waals surface area contributed by atoms with Gasteiger partial charge >= 0.3 is 0 Å². The standard InChI is InChI=1S/C18H14BrN3OS/c1-23-14-5-6-15-16(8-14)24-10-11-9-20-18(22-17(11)15)21-13-4-2-3-12(19)7-13/h2-9H,10H2,1H3,(H,20,21,22). The fourth-order valence-corrected chi connectivity index (χ4v) is 4.04. The second-order valence-corrected chi connectivity index (χ2v) is 7.29. The van der Waals surface area contributed by atoms with Crippen molar-refractivity contribution in [3.63, 3.8) is 0 Å². The van der Waals surface area contributed by atoms with Crippen LogP contribution in [0.4, 0.5) is 11.6 Å². The Morgan fingerprint density at radius 1 is 1.21 bits per heavy atom. The first-order chi connectivity index (χ1) is 11.7. The van der Waals surface area contributed by atoms with Crippen molar-refractivity contribution < 1.29 is 4.74 Å². The highest BCUT2D eigenvalue weighted by Crippen LogP contribution is 2.42. The van der Waals surface area contributed by atoms with E-state index in [1.54, 1.807) is 18.9 Å². The molecule has 1 aliphatic rings. The molecule has 0 atom stereocenters. The normalized spacial score (nSPS) is 12.2. The van der Waals surface area contributed by atoms with Crippen molar-refractivity contribution in [1.82, 2.24) is 9.97 Å². The first-order valence-corrected chi connectivity index (χ1v) is 9.20. The number of hydrogen-bond acceptors (Lipinski definition) is 5. The van der Waals surface area contributed by atoms with Crippen molar-refractivity contribution in [2.45, 2.75) is 10.6 Å². The molecule has 2 heterocycles. The highest BCUT2D eigenvalue weighted by Gasteiger charge is 2.19. The van der Waals surface area contributed by atoms with E-state index < -0.39 is 0 Å². The molecule has 6 heteroatoms. The average Bonchev–Trinajstić information content (AvgIpc) is 2.61. The van der Waals surface area contributed by atoms with Crippen LogP contribution in [-0.4, -0.2) is 17.1 Å². The SMILES string of the molecule is COc1ccc2c(c1)SCc1cnc(Nc3cccc(Br)c3)nc1-2. The molecule has 4 rings (SSSR count). The number of rotatable bonds is 3. The topological polar surface area (TPSA) is 47.0 Å². The Morgan fingerprint density at radius 2 is 2.12 bits per heavy atom. The van der Waals surface area contributed by atoms with Crippen LogP contribution >= 0.6 is 27.7 Å². The van der Waals surface area contributed by atoms with Gasteiger partial charge in [-0.25, -0.2) is 9.97 Å². The van der Waals surface area contributed by atoms with Crippen LogP contribution in [0, 0.1) is 0 Å². The first-order valence-electron chi connectivity index (χ1n) is 7.42. The zero-order valence-corrected chi connectivity index (χ0v) is 15.3. The fraction of sp³-hybridized carbons (Fsp3) is 0.111. The Bertz CT molecular complexity index is 917. The van der Waals surface area contributed by atoms with Crippen molar-refractivity contribution in [3.05, 3.63) is 58.7 Å². The molecule has 0 fully saturated rings. The lowest BCUT2D eigenvalue weighted by Crippen LogP contribution is -2.04. The molecule has 4 nitrogen and oxygen atoms in total. The summed E-state index contributed by atoms with van der Waals surface area (Å²) in [5.41, 5.74) is 4.21. The molecule has 3 aromatic rings. The van der Waals surface area contributed by atoms with Crippen LogP contribution in [0.3, 0.4) is 0 Å². The third-order valence-corrected chi connectivity index (χ3v) is 5.37. The number of ether oxygens (including phenoxy) is 1. The number of fused-ring (bicyclic) bond motifs is 3. The summed E-state index contributed by atoms with van der Waals surface area (Å²) >= 11 is 5.26. The van der Waals surface area contributed by atoms with E-state index in [-0.39, 0.29) is 0 Å². The molecule has 0 saturated carbocycles. The molecule has 1 N–H and O–H groups in total. The Morgan fingerprint density at radius 3 is 2.96 bits per heavy atom. The van der Waals surface area contributed by atoms with E-state index in [0.29, 0.717) is 5.95 Å². The third-order valence-electron chi connectivity index (χ3n) is 3.77. The Balaban J connectivity index is 1.71. The molecule has 0 bridgehead atoms. The molecule has 0 spiro atoms. The summed E-state index contributed by atoms with van der Waals surface area (Å²) in [5.74, 6) is 2.33. The van der Waals surface area contributed by atoms with Gasteiger partial charge in [-0.3, -0.25) is 0 Å². The molecule has 120 valence electrons. The second kappa shape index (κ2) is 6.45. The third kappa shape index (κ3) is 2.99. The van der Waals surface area contributed by atoms with Crippen molar-refractivity contribution in [3.8, 4) is 17.0 Å². The lowest BCUT2D eigenvalue weighted by molar-refractivity contribution is 0.414. The van der Waals surface area contributed by atoms with Crippen LogP contribution < -0.4 is 10.1 Å². The number of thioether (sulfide) groups is 1. The highest BCUT2D eigenvalue weighted by molar-refractivity contribution is 9.10. The number of hydrogen-bond donors (Lipinski definition) is 1. The maximum absolute atomic E-state index is 5.32. The van der Waals surface area contributed by atoms with E-state index in [1.165, 1.54) is 4.90 Å². The van der Waals surface area contributed by atoms with Gasteiger partial charge in [-0.15, -0.1) is 11.8 Å². The summed E-state index contributed by atoms with van der Waals surface area (Å²) in [4.78, 5) is 10.4. The van der Waals surface area contributed by atoms with Gasteiger partial charge in [0.05, 0.1) is 12.8 Å². The predicted molar refractivity (Wildman–Crippen MR) is 101 cm³/mol. The molecule has 0 unspecified atom stereocenters. The lowest BCUT2D eigenvalue weighted by atomic mass is 10.1. The maximum atomic E-state index is 5.32. The van der Waals surface area contributed by atoms with Crippen molar-refractivity contribution in [1.29, 1.82) is 0 Å². The summed E-state index contributed by atoms with van der Waals surface area (Å²) in [7, 11) is 1.69. The van der Waals surface area contributed by atoms with E-state index >= 15 is 0 Å². The average molecular weight is 400 g/mol.